The highest BCUT2D eigenvalue weighted by Gasteiger charge is 1.99. The molecular formula is C20H34O7. The van der Waals surface area contributed by atoms with Crippen LogP contribution in [0.1, 0.15) is 13.3 Å². The minimum absolute atomic E-state index is 0.359. The minimum atomic E-state index is -0.388. The molecule has 7 heteroatoms. The van der Waals surface area contributed by atoms with E-state index in [-0.39, 0.29) is 6.10 Å². The molecule has 1 atom stereocenters. The SMILES string of the molecule is CCC(O)COCCOCCOCCOCCOCCOc1ccccc1. The zero-order valence-electron chi connectivity index (χ0n) is 16.3. The summed E-state index contributed by atoms with van der Waals surface area (Å²) in [7, 11) is 0. The van der Waals surface area contributed by atoms with Gasteiger partial charge >= 0.3 is 0 Å². The van der Waals surface area contributed by atoms with Gasteiger partial charge in [0.05, 0.1) is 72.2 Å². The molecule has 0 radical (unpaired) electrons. The van der Waals surface area contributed by atoms with E-state index in [1.165, 1.54) is 0 Å². The van der Waals surface area contributed by atoms with Gasteiger partial charge in [-0.3, -0.25) is 0 Å². The Morgan fingerprint density at radius 1 is 0.667 bits per heavy atom. The second kappa shape index (κ2) is 18.2. The summed E-state index contributed by atoms with van der Waals surface area (Å²) in [6.07, 6.45) is 0.312. The van der Waals surface area contributed by atoms with Crippen LogP contribution in [0.25, 0.3) is 0 Å². The molecule has 0 bridgehead atoms. The standard InChI is InChI=1S/C20H34O7/c1-2-19(21)18-26-15-14-24-11-10-22-8-9-23-12-13-25-16-17-27-20-6-4-3-5-7-20/h3-7,19,21H,2,8-18H2,1H3. The second-order valence-electron chi connectivity index (χ2n) is 5.75. The Labute approximate surface area is 162 Å². The van der Waals surface area contributed by atoms with Gasteiger partial charge in [0.2, 0.25) is 0 Å². The summed E-state index contributed by atoms with van der Waals surface area (Å²) >= 11 is 0. The van der Waals surface area contributed by atoms with E-state index < -0.39 is 0 Å². The quantitative estimate of drug-likeness (QED) is 0.364. The Morgan fingerprint density at radius 2 is 1.11 bits per heavy atom. The summed E-state index contributed by atoms with van der Waals surface area (Å²) in [5.74, 6) is 0.848. The van der Waals surface area contributed by atoms with Crippen LogP contribution in [-0.2, 0) is 23.7 Å². The fraction of sp³-hybridized carbons (Fsp3) is 0.700. The number of para-hydroxylation sites is 1. The van der Waals surface area contributed by atoms with Crippen LogP contribution in [0.5, 0.6) is 5.75 Å². The van der Waals surface area contributed by atoms with Crippen molar-refractivity contribution >= 4 is 0 Å². The van der Waals surface area contributed by atoms with Gasteiger partial charge in [-0.15, -0.1) is 0 Å². The molecule has 1 aromatic rings. The van der Waals surface area contributed by atoms with Gasteiger partial charge in [0.25, 0.3) is 0 Å². The van der Waals surface area contributed by atoms with E-state index in [2.05, 4.69) is 0 Å². The zero-order valence-corrected chi connectivity index (χ0v) is 16.3. The molecule has 1 aromatic carbocycles. The molecule has 7 nitrogen and oxygen atoms in total. The predicted molar refractivity (Wildman–Crippen MR) is 102 cm³/mol. The Kier molecular flexibility index (Phi) is 16.0. The van der Waals surface area contributed by atoms with E-state index >= 15 is 0 Å². The predicted octanol–water partition coefficient (Wildman–Crippen LogP) is 1.92. The van der Waals surface area contributed by atoms with Crippen LogP contribution in [-0.4, -0.2) is 83.9 Å². The lowest BCUT2D eigenvalue weighted by atomic mass is 10.3. The van der Waals surface area contributed by atoms with Gasteiger partial charge in [-0.25, -0.2) is 0 Å². The third kappa shape index (κ3) is 15.5. The first kappa shape index (κ1) is 23.8. The smallest absolute Gasteiger partial charge is 0.119 e. The highest BCUT2D eigenvalue weighted by atomic mass is 16.6. The molecule has 0 aliphatic rings. The first-order valence-corrected chi connectivity index (χ1v) is 9.57. The van der Waals surface area contributed by atoms with Gasteiger partial charge in [-0.2, -0.15) is 0 Å². The highest BCUT2D eigenvalue weighted by Crippen LogP contribution is 2.07. The van der Waals surface area contributed by atoms with E-state index in [0.717, 1.165) is 5.75 Å². The van der Waals surface area contributed by atoms with Crippen molar-refractivity contribution in [3.8, 4) is 5.75 Å². The van der Waals surface area contributed by atoms with Crippen molar-refractivity contribution in [1.29, 1.82) is 0 Å². The number of hydrogen-bond acceptors (Lipinski definition) is 7. The van der Waals surface area contributed by atoms with Gasteiger partial charge in [0.1, 0.15) is 12.4 Å². The van der Waals surface area contributed by atoms with Crippen molar-refractivity contribution in [3.63, 3.8) is 0 Å². The van der Waals surface area contributed by atoms with Crippen molar-refractivity contribution in [3.05, 3.63) is 30.3 Å². The molecule has 27 heavy (non-hydrogen) atoms. The molecule has 1 rings (SSSR count). The first-order chi connectivity index (χ1) is 13.3. The van der Waals surface area contributed by atoms with Crippen LogP contribution >= 0.6 is 0 Å². The molecule has 0 fully saturated rings. The van der Waals surface area contributed by atoms with Crippen LogP contribution in [0, 0.1) is 0 Å². The van der Waals surface area contributed by atoms with Gasteiger partial charge in [-0.05, 0) is 18.6 Å². The van der Waals surface area contributed by atoms with E-state index in [1.54, 1.807) is 0 Å². The van der Waals surface area contributed by atoms with Crippen molar-refractivity contribution < 1.29 is 33.5 Å². The topological polar surface area (TPSA) is 75.6 Å². The third-order valence-corrected chi connectivity index (χ3v) is 3.51. The minimum Gasteiger partial charge on any atom is -0.491 e. The van der Waals surface area contributed by atoms with Crippen molar-refractivity contribution in [2.24, 2.45) is 0 Å². The Hall–Kier alpha value is -1.22. The fourth-order valence-corrected chi connectivity index (χ4v) is 1.95. The van der Waals surface area contributed by atoms with E-state index in [4.69, 9.17) is 28.4 Å². The molecule has 0 aliphatic carbocycles. The number of aliphatic hydroxyl groups excluding tert-OH is 1. The summed E-state index contributed by atoms with van der Waals surface area (Å²) < 4.78 is 32.4. The van der Waals surface area contributed by atoms with E-state index in [1.807, 2.05) is 37.3 Å². The maximum atomic E-state index is 9.31. The van der Waals surface area contributed by atoms with Crippen LogP contribution in [0.3, 0.4) is 0 Å². The number of aliphatic hydroxyl groups is 1. The van der Waals surface area contributed by atoms with Crippen molar-refractivity contribution in [1.82, 2.24) is 0 Å². The van der Waals surface area contributed by atoms with Crippen LogP contribution in [0.15, 0.2) is 30.3 Å². The average molecular weight is 386 g/mol. The van der Waals surface area contributed by atoms with Gasteiger partial charge in [0, 0.05) is 0 Å². The van der Waals surface area contributed by atoms with Crippen molar-refractivity contribution in [2.75, 3.05) is 72.7 Å². The lowest BCUT2D eigenvalue weighted by molar-refractivity contribution is -0.0219. The van der Waals surface area contributed by atoms with Crippen molar-refractivity contribution in [2.45, 2.75) is 19.4 Å². The van der Waals surface area contributed by atoms with Crippen LogP contribution < -0.4 is 4.74 Å². The Balaban J connectivity index is 1.70. The number of ether oxygens (including phenoxy) is 6. The van der Waals surface area contributed by atoms with E-state index in [9.17, 15) is 5.11 Å². The maximum Gasteiger partial charge on any atom is 0.119 e. The molecule has 0 aliphatic heterocycles. The molecular weight excluding hydrogens is 352 g/mol. The third-order valence-electron chi connectivity index (χ3n) is 3.51. The maximum absolute atomic E-state index is 9.31. The normalized spacial score (nSPS) is 12.2. The number of benzene rings is 1. The van der Waals surface area contributed by atoms with Crippen LogP contribution in [0.2, 0.25) is 0 Å². The summed E-state index contributed by atoms with van der Waals surface area (Å²) in [6.45, 7) is 7.49. The molecule has 1 unspecified atom stereocenters. The van der Waals surface area contributed by atoms with Gasteiger partial charge < -0.3 is 33.5 Å². The van der Waals surface area contributed by atoms with Crippen LogP contribution in [0.4, 0.5) is 0 Å². The molecule has 156 valence electrons. The highest BCUT2D eigenvalue weighted by molar-refractivity contribution is 5.20. The fourth-order valence-electron chi connectivity index (χ4n) is 1.95. The summed E-state index contributed by atoms with van der Waals surface area (Å²) in [5, 5.41) is 9.31. The largest absolute Gasteiger partial charge is 0.491 e. The molecule has 1 N–H and O–H groups in total. The number of rotatable bonds is 19. The van der Waals surface area contributed by atoms with Gasteiger partial charge in [-0.1, -0.05) is 25.1 Å². The molecule has 0 aromatic heterocycles. The average Bonchev–Trinajstić information content (AvgIpc) is 2.70. The second-order valence-corrected chi connectivity index (χ2v) is 5.75. The molecule has 0 spiro atoms. The molecule has 0 heterocycles. The lowest BCUT2D eigenvalue weighted by Gasteiger charge is -2.09. The Morgan fingerprint density at radius 3 is 1.59 bits per heavy atom. The molecule has 0 saturated heterocycles. The monoisotopic (exact) mass is 386 g/mol. The molecule has 0 amide bonds. The zero-order chi connectivity index (χ0) is 19.4. The molecule has 0 saturated carbocycles. The summed E-state index contributed by atoms with van der Waals surface area (Å²) in [6, 6.07) is 9.66. The Bertz CT molecular complexity index is 416. The van der Waals surface area contributed by atoms with E-state index in [0.29, 0.717) is 79.1 Å². The van der Waals surface area contributed by atoms with Gasteiger partial charge in [0.15, 0.2) is 0 Å². The summed E-state index contributed by atoms with van der Waals surface area (Å²) in [4.78, 5) is 0. The first-order valence-electron chi connectivity index (χ1n) is 9.57. The lowest BCUT2D eigenvalue weighted by Crippen LogP contribution is -2.17. The number of hydrogen-bond donors (Lipinski definition) is 1. The summed E-state index contributed by atoms with van der Waals surface area (Å²) in [5.41, 5.74) is 0.